The van der Waals surface area contributed by atoms with Crippen LogP contribution in [-0.2, 0) is 0 Å². The zero-order valence-electron chi connectivity index (χ0n) is 11.5. The summed E-state index contributed by atoms with van der Waals surface area (Å²) >= 11 is 0. The molecule has 2 aliphatic rings. The summed E-state index contributed by atoms with van der Waals surface area (Å²) in [6, 6.07) is 8.18. The van der Waals surface area contributed by atoms with Crippen molar-refractivity contribution < 1.29 is 4.79 Å². The van der Waals surface area contributed by atoms with Gasteiger partial charge >= 0.3 is 0 Å². The maximum absolute atomic E-state index is 12.2. The Morgan fingerprint density at radius 1 is 1.26 bits per heavy atom. The molecule has 1 saturated heterocycles. The van der Waals surface area contributed by atoms with Crippen LogP contribution in [0.3, 0.4) is 0 Å². The van der Waals surface area contributed by atoms with Crippen LogP contribution in [0.15, 0.2) is 24.3 Å². The van der Waals surface area contributed by atoms with Gasteiger partial charge in [0.1, 0.15) is 0 Å². The van der Waals surface area contributed by atoms with Gasteiger partial charge in [-0.15, -0.1) is 0 Å². The van der Waals surface area contributed by atoms with Crippen LogP contribution in [0.1, 0.15) is 41.6 Å². The summed E-state index contributed by atoms with van der Waals surface area (Å²) in [5.41, 5.74) is 2.39. The van der Waals surface area contributed by atoms with Crippen LogP contribution >= 0.6 is 0 Å². The summed E-state index contributed by atoms with van der Waals surface area (Å²) in [7, 11) is 0. The van der Waals surface area contributed by atoms with Crippen LogP contribution in [0.25, 0.3) is 0 Å². The van der Waals surface area contributed by atoms with E-state index >= 15 is 0 Å². The molecule has 1 aliphatic carbocycles. The predicted molar refractivity (Wildman–Crippen MR) is 76.2 cm³/mol. The number of amides is 1. The van der Waals surface area contributed by atoms with Crippen molar-refractivity contribution in [3.8, 4) is 0 Å². The van der Waals surface area contributed by atoms with E-state index in [2.05, 4.69) is 10.6 Å². The molecule has 3 rings (SSSR count). The van der Waals surface area contributed by atoms with Gasteiger partial charge in [-0.3, -0.25) is 4.79 Å². The Morgan fingerprint density at radius 2 is 1.95 bits per heavy atom. The normalized spacial score (nSPS) is 21.9. The molecule has 0 atom stereocenters. The fourth-order valence-electron chi connectivity index (χ4n) is 3.54. The Hall–Kier alpha value is -1.35. The molecule has 102 valence electrons. The summed E-state index contributed by atoms with van der Waals surface area (Å²) in [5, 5.41) is 6.60. The second kappa shape index (κ2) is 4.97. The third-order valence-corrected chi connectivity index (χ3v) is 4.75. The molecule has 1 aromatic carbocycles. The van der Waals surface area contributed by atoms with Gasteiger partial charge < -0.3 is 10.6 Å². The molecular weight excluding hydrogens is 236 g/mol. The maximum atomic E-state index is 12.2. The summed E-state index contributed by atoms with van der Waals surface area (Å²) in [6.45, 7) is 4.26. The first kappa shape index (κ1) is 12.7. The molecule has 0 aromatic heterocycles. The van der Waals surface area contributed by atoms with Crippen LogP contribution in [0.5, 0.6) is 0 Å². The van der Waals surface area contributed by atoms with Gasteiger partial charge in [0.15, 0.2) is 0 Å². The minimum Gasteiger partial charge on any atom is -0.349 e. The summed E-state index contributed by atoms with van der Waals surface area (Å²) < 4.78 is 0. The molecule has 3 heteroatoms. The van der Waals surface area contributed by atoms with E-state index in [1.807, 2.05) is 31.2 Å². The van der Waals surface area contributed by atoms with Crippen molar-refractivity contribution in [3.05, 3.63) is 35.4 Å². The molecular formula is C16H22N2O. The van der Waals surface area contributed by atoms with Crippen molar-refractivity contribution in [2.45, 2.75) is 38.6 Å². The fraction of sp³-hybridized carbons (Fsp3) is 0.562. The van der Waals surface area contributed by atoms with Gasteiger partial charge in [-0.05, 0) is 62.7 Å². The summed E-state index contributed by atoms with van der Waals surface area (Å²) in [4.78, 5) is 12.2. The Balaban J connectivity index is 1.56. The van der Waals surface area contributed by atoms with Gasteiger partial charge in [0.05, 0.1) is 0 Å². The van der Waals surface area contributed by atoms with Gasteiger partial charge in [-0.2, -0.15) is 0 Å². The van der Waals surface area contributed by atoms with Crippen molar-refractivity contribution in [2.24, 2.45) is 5.41 Å². The molecule has 1 saturated carbocycles. The van der Waals surface area contributed by atoms with Gasteiger partial charge in [0.25, 0.3) is 5.91 Å². The third-order valence-electron chi connectivity index (χ3n) is 4.75. The highest BCUT2D eigenvalue weighted by molar-refractivity contribution is 5.95. The van der Waals surface area contributed by atoms with E-state index in [4.69, 9.17) is 0 Å². The van der Waals surface area contributed by atoms with Crippen molar-refractivity contribution in [1.29, 1.82) is 0 Å². The zero-order chi connectivity index (χ0) is 13.3. The first-order valence-electron chi connectivity index (χ1n) is 7.26. The van der Waals surface area contributed by atoms with E-state index in [-0.39, 0.29) is 5.91 Å². The summed E-state index contributed by atoms with van der Waals surface area (Å²) in [6.07, 6.45) is 4.85. The number of piperidine rings is 1. The SMILES string of the molecule is Cc1ccccc1C(=O)NC1CC2(CCNCC2)C1. The van der Waals surface area contributed by atoms with Crippen LogP contribution < -0.4 is 10.6 Å². The smallest absolute Gasteiger partial charge is 0.251 e. The van der Waals surface area contributed by atoms with Crippen molar-refractivity contribution in [2.75, 3.05) is 13.1 Å². The van der Waals surface area contributed by atoms with E-state index in [1.54, 1.807) is 0 Å². The van der Waals surface area contributed by atoms with Crippen LogP contribution in [0.2, 0.25) is 0 Å². The molecule has 1 aliphatic heterocycles. The maximum Gasteiger partial charge on any atom is 0.251 e. The number of carbonyl (C=O) groups excluding carboxylic acids is 1. The van der Waals surface area contributed by atoms with Crippen LogP contribution in [-0.4, -0.2) is 25.0 Å². The van der Waals surface area contributed by atoms with Gasteiger partial charge in [-0.25, -0.2) is 0 Å². The molecule has 19 heavy (non-hydrogen) atoms. The lowest BCUT2D eigenvalue weighted by molar-refractivity contribution is 0.0423. The molecule has 0 bridgehead atoms. The molecule has 1 spiro atoms. The quantitative estimate of drug-likeness (QED) is 0.854. The van der Waals surface area contributed by atoms with Crippen molar-refractivity contribution in [3.63, 3.8) is 0 Å². The Morgan fingerprint density at radius 3 is 2.63 bits per heavy atom. The van der Waals surface area contributed by atoms with Crippen LogP contribution in [0.4, 0.5) is 0 Å². The van der Waals surface area contributed by atoms with E-state index in [9.17, 15) is 4.79 Å². The Bertz CT molecular complexity index is 469. The van der Waals surface area contributed by atoms with Crippen LogP contribution in [0, 0.1) is 12.3 Å². The Labute approximate surface area is 114 Å². The first-order valence-corrected chi connectivity index (χ1v) is 7.26. The first-order chi connectivity index (χ1) is 9.19. The van der Waals surface area contributed by atoms with E-state index in [1.165, 1.54) is 12.8 Å². The molecule has 1 amide bonds. The van der Waals surface area contributed by atoms with E-state index in [0.717, 1.165) is 37.1 Å². The second-order valence-electron chi connectivity index (χ2n) is 6.14. The third kappa shape index (κ3) is 2.52. The second-order valence-corrected chi connectivity index (χ2v) is 6.14. The molecule has 1 heterocycles. The number of rotatable bonds is 2. The fourth-order valence-corrected chi connectivity index (χ4v) is 3.54. The lowest BCUT2D eigenvalue weighted by Crippen LogP contribution is -2.54. The lowest BCUT2D eigenvalue weighted by atomic mass is 9.60. The molecule has 3 nitrogen and oxygen atoms in total. The molecule has 0 radical (unpaired) electrons. The van der Waals surface area contributed by atoms with Crippen molar-refractivity contribution in [1.82, 2.24) is 10.6 Å². The highest BCUT2D eigenvalue weighted by Crippen LogP contribution is 2.47. The standard InChI is InChI=1S/C16H22N2O/c1-12-4-2-3-5-14(12)15(19)18-13-10-16(11-13)6-8-17-9-7-16/h2-5,13,17H,6-11H2,1H3,(H,18,19). The number of carbonyl (C=O) groups is 1. The van der Waals surface area contributed by atoms with E-state index in [0.29, 0.717) is 11.5 Å². The van der Waals surface area contributed by atoms with E-state index < -0.39 is 0 Å². The molecule has 0 unspecified atom stereocenters. The minimum absolute atomic E-state index is 0.0897. The van der Waals surface area contributed by atoms with Crippen molar-refractivity contribution >= 4 is 5.91 Å². The topological polar surface area (TPSA) is 41.1 Å². The minimum atomic E-state index is 0.0897. The average Bonchev–Trinajstić information content (AvgIpc) is 2.38. The number of benzene rings is 1. The number of nitrogens with one attached hydrogen (secondary N) is 2. The Kier molecular flexibility index (Phi) is 3.31. The lowest BCUT2D eigenvalue weighted by Gasteiger charge is -2.50. The highest BCUT2D eigenvalue weighted by Gasteiger charge is 2.44. The van der Waals surface area contributed by atoms with Gasteiger partial charge in [0, 0.05) is 11.6 Å². The zero-order valence-corrected chi connectivity index (χ0v) is 11.5. The highest BCUT2D eigenvalue weighted by atomic mass is 16.1. The molecule has 2 N–H and O–H groups in total. The van der Waals surface area contributed by atoms with Gasteiger partial charge in [-0.1, -0.05) is 18.2 Å². The average molecular weight is 258 g/mol. The van der Waals surface area contributed by atoms with Gasteiger partial charge in [0.2, 0.25) is 0 Å². The number of hydrogen-bond donors (Lipinski definition) is 2. The summed E-state index contributed by atoms with van der Waals surface area (Å²) in [5.74, 6) is 0.0897. The largest absolute Gasteiger partial charge is 0.349 e. The molecule has 1 aromatic rings. The number of hydrogen-bond acceptors (Lipinski definition) is 2. The molecule has 2 fully saturated rings. The predicted octanol–water partition coefficient (Wildman–Crippen LogP) is 2.26. The number of aryl methyl sites for hydroxylation is 1. The monoisotopic (exact) mass is 258 g/mol.